The van der Waals surface area contributed by atoms with E-state index in [2.05, 4.69) is 25.7 Å². The number of nitrogens with zero attached hydrogens (tertiary/aromatic N) is 7. The van der Waals surface area contributed by atoms with Gasteiger partial charge >= 0.3 is 5.95 Å². The molecule has 9 heteroatoms. The molecule has 0 aromatic carbocycles. The van der Waals surface area contributed by atoms with Gasteiger partial charge in [0.15, 0.2) is 0 Å². The molecule has 10 heavy (non-hydrogen) atoms. The summed E-state index contributed by atoms with van der Waals surface area (Å²) in [4.78, 5) is 3.18. The first-order valence-corrected chi connectivity index (χ1v) is 1.94. The Bertz CT molecular complexity index is 244. The second-order valence-corrected chi connectivity index (χ2v) is 1.11. The van der Waals surface area contributed by atoms with Crippen LogP contribution in [0.3, 0.4) is 0 Å². The number of nitrogen functional groups attached to an aromatic ring is 1. The molecule has 0 atom stereocenters. The van der Waals surface area contributed by atoms with Gasteiger partial charge in [-0.05, 0) is 4.79 Å². The summed E-state index contributed by atoms with van der Waals surface area (Å²) in [5, 5.41) is 12.6. The van der Waals surface area contributed by atoms with Crippen molar-refractivity contribution >= 4 is 5.95 Å². The standard InChI is InChI=1S/CH2N8.Zn/c2-1-4-6-8-9(1)7-5-3;/h(H2,2,4,8);. The van der Waals surface area contributed by atoms with Crippen LogP contribution in [-0.2, 0) is 19.5 Å². The van der Waals surface area contributed by atoms with Gasteiger partial charge in [0.25, 0.3) is 0 Å². The molecule has 0 radical (unpaired) electrons. The van der Waals surface area contributed by atoms with Gasteiger partial charge in [-0.1, -0.05) is 5.10 Å². The van der Waals surface area contributed by atoms with Crippen molar-refractivity contribution in [3.05, 3.63) is 10.4 Å². The SMILES string of the molecule is [N-]=[N+]=Nn1nnnc1N.[Zn]. The van der Waals surface area contributed by atoms with Gasteiger partial charge in [-0.3, -0.25) is 0 Å². The van der Waals surface area contributed by atoms with E-state index in [1.807, 2.05) is 0 Å². The molecule has 1 aromatic rings. The van der Waals surface area contributed by atoms with Crippen LogP contribution in [0.5, 0.6) is 0 Å². The number of azide groups is 1. The summed E-state index contributed by atoms with van der Waals surface area (Å²) < 4.78 is 0. The Labute approximate surface area is 67.7 Å². The maximum Gasteiger partial charge on any atom is 0.344 e. The summed E-state index contributed by atoms with van der Waals surface area (Å²) >= 11 is 0. The van der Waals surface area contributed by atoms with Crippen molar-refractivity contribution in [2.24, 2.45) is 5.22 Å². The van der Waals surface area contributed by atoms with E-state index < -0.39 is 0 Å². The molecule has 2 N–H and O–H groups in total. The Morgan fingerprint density at radius 2 is 2.40 bits per heavy atom. The number of hydrogen-bond donors (Lipinski definition) is 1. The van der Waals surface area contributed by atoms with Crippen molar-refractivity contribution in [2.45, 2.75) is 0 Å². The van der Waals surface area contributed by atoms with E-state index in [0.717, 1.165) is 4.79 Å². The van der Waals surface area contributed by atoms with Crippen LogP contribution in [0.15, 0.2) is 5.22 Å². The molecule has 0 amide bonds. The molecule has 0 fully saturated rings. The van der Waals surface area contributed by atoms with Gasteiger partial charge in [0.2, 0.25) is 0 Å². The van der Waals surface area contributed by atoms with E-state index in [9.17, 15) is 0 Å². The van der Waals surface area contributed by atoms with Gasteiger partial charge in [-0.2, -0.15) is 4.91 Å². The van der Waals surface area contributed by atoms with Crippen molar-refractivity contribution in [1.82, 2.24) is 20.3 Å². The molecular weight excluding hydrogens is 189 g/mol. The van der Waals surface area contributed by atoms with E-state index in [1.165, 1.54) is 0 Å². The van der Waals surface area contributed by atoms with Crippen LogP contribution < -0.4 is 5.73 Å². The van der Waals surface area contributed by atoms with Gasteiger partial charge in [0.05, 0.1) is 5.21 Å². The molecule has 0 aliphatic carbocycles. The Balaban J connectivity index is 0.000000810. The third-order valence-corrected chi connectivity index (χ3v) is 0.602. The van der Waals surface area contributed by atoms with E-state index in [1.54, 1.807) is 0 Å². The number of nitrogens with two attached hydrogens (primary N) is 1. The largest absolute Gasteiger partial charge is 0.346 e. The fourth-order valence-electron chi connectivity index (χ4n) is 0.291. The molecule has 1 aromatic heterocycles. The first-order chi connectivity index (χ1) is 4.34. The Morgan fingerprint density at radius 1 is 1.70 bits per heavy atom. The molecule has 0 saturated heterocycles. The second kappa shape index (κ2) is 3.76. The average Bonchev–Trinajstić information content (AvgIpc) is 2.18. The van der Waals surface area contributed by atoms with Gasteiger partial charge in [-0.15, -0.1) is 5.53 Å². The van der Waals surface area contributed by atoms with Crippen LogP contribution in [0.2, 0.25) is 0 Å². The fourth-order valence-corrected chi connectivity index (χ4v) is 0.291. The third-order valence-electron chi connectivity index (χ3n) is 0.602. The topological polar surface area (TPSA) is 118 Å². The van der Waals surface area contributed by atoms with Crippen LogP contribution in [0.1, 0.15) is 0 Å². The van der Waals surface area contributed by atoms with E-state index in [-0.39, 0.29) is 25.4 Å². The number of aromatic nitrogens is 4. The average molecular weight is 191 g/mol. The van der Waals surface area contributed by atoms with Crippen molar-refractivity contribution in [2.75, 3.05) is 5.73 Å². The molecule has 0 aliphatic rings. The molecular formula is CH2N8Zn. The number of hydrogen-bond acceptors (Lipinski definition) is 5. The molecule has 0 unspecified atom stereocenters. The van der Waals surface area contributed by atoms with Gasteiger partial charge in [0.1, 0.15) is 0 Å². The fraction of sp³-hybridized carbons (Fsp3) is 0. The van der Waals surface area contributed by atoms with Crippen molar-refractivity contribution in [3.63, 3.8) is 0 Å². The Kier molecular flexibility index (Phi) is 3.31. The minimum absolute atomic E-state index is 0. The monoisotopic (exact) mass is 190 g/mol. The van der Waals surface area contributed by atoms with Crippen molar-refractivity contribution < 1.29 is 19.5 Å². The normalized spacial score (nSPS) is 7.60. The van der Waals surface area contributed by atoms with Crippen molar-refractivity contribution in [3.8, 4) is 0 Å². The summed E-state index contributed by atoms with van der Waals surface area (Å²) in [6.07, 6.45) is 0. The minimum Gasteiger partial charge on any atom is -0.346 e. The van der Waals surface area contributed by atoms with Crippen molar-refractivity contribution in [1.29, 1.82) is 0 Å². The summed E-state index contributed by atoms with van der Waals surface area (Å²) in [7, 11) is 0. The summed E-state index contributed by atoms with van der Waals surface area (Å²) in [6, 6.07) is 0. The van der Waals surface area contributed by atoms with Gasteiger partial charge in [0, 0.05) is 29.9 Å². The van der Waals surface area contributed by atoms with Gasteiger partial charge in [-0.25, -0.2) is 0 Å². The maximum absolute atomic E-state index is 7.85. The van der Waals surface area contributed by atoms with Crippen LogP contribution in [0.25, 0.3) is 10.4 Å². The molecule has 8 nitrogen and oxygen atoms in total. The summed E-state index contributed by atoms with van der Waals surface area (Å²) in [6.45, 7) is 0. The van der Waals surface area contributed by atoms with E-state index >= 15 is 0 Å². The quantitative estimate of drug-likeness (QED) is 0.274. The Morgan fingerprint density at radius 3 is 2.80 bits per heavy atom. The van der Waals surface area contributed by atoms with Crippen LogP contribution in [-0.4, -0.2) is 20.3 Å². The summed E-state index contributed by atoms with van der Waals surface area (Å²) in [5.41, 5.74) is 12.9. The van der Waals surface area contributed by atoms with Crippen LogP contribution in [0.4, 0.5) is 5.95 Å². The number of anilines is 1. The number of rotatable bonds is 1. The van der Waals surface area contributed by atoms with E-state index in [4.69, 9.17) is 11.3 Å². The molecule has 0 saturated carbocycles. The molecule has 0 bridgehead atoms. The zero-order valence-electron chi connectivity index (χ0n) is 4.91. The second-order valence-electron chi connectivity index (χ2n) is 1.11. The van der Waals surface area contributed by atoms with Crippen LogP contribution >= 0.6 is 0 Å². The smallest absolute Gasteiger partial charge is 0.344 e. The molecule has 0 aliphatic heterocycles. The van der Waals surface area contributed by atoms with Gasteiger partial charge < -0.3 is 5.73 Å². The summed E-state index contributed by atoms with van der Waals surface area (Å²) in [5.74, 6) is -0.0344. The number of tetrazole rings is 1. The molecule has 1 rings (SSSR count). The minimum atomic E-state index is -0.0344. The third kappa shape index (κ3) is 1.64. The Hall–Kier alpha value is -1.20. The predicted molar refractivity (Wildman–Crippen MR) is 26.8 cm³/mol. The molecule has 0 spiro atoms. The van der Waals surface area contributed by atoms with Crippen LogP contribution in [0, 0.1) is 0 Å². The zero-order chi connectivity index (χ0) is 6.69. The van der Waals surface area contributed by atoms with E-state index in [0.29, 0.717) is 0 Å². The first-order valence-electron chi connectivity index (χ1n) is 1.94. The maximum atomic E-state index is 7.85. The molecule has 48 valence electrons. The molecule has 1 heterocycles. The predicted octanol–water partition coefficient (Wildman–Crippen LogP) is -0.674. The zero-order valence-corrected chi connectivity index (χ0v) is 7.88. The first kappa shape index (κ1) is 8.80.